The SMILES string of the molecule is CN(C(=O)C1CCN(c2oc(-c3ccco3)nc2C#N)CC1)c1ccc2ccccc2c1. The van der Waals surface area contributed by atoms with Crippen molar-refractivity contribution in [3.05, 3.63) is 66.6 Å². The summed E-state index contributed by atoms with van der Waals surface area (Å²) < 4.78 is 11.2. The molecule has 1 amide bonds. The molecule has 0 atom stereocenters. The first-order chi connectivity index (χ1) is 15.6. The number of amides is 1. The number of furan rings is 1. The number of carbonyl (C=O) groups excluding carboxylic acids is 1. The number of piperidine rings is 1. The first-order valence-corrected chi connectivity index (χ1v) is 10.6. The number of benzene rings is 2. The summed E-state index contributed by atoms with van der Waals surface area (Å²) in [6, 6.07) is 19.8. The molecule has 1 saturated heterocycles. The molecule has 2 aromatic carbocycles. The lowest BCUT2D eigenvalue weighted by molar-refractivity contribution is -0.122. The van der Waals surface area contributed by atoms with Crippen molar-refractivity contribution in [1.82, 2.24) is 4.98 Å². The fourth-order valence-corrected chi connectivity index (χ4v) is 4.22. The van der Waals surface area contributed by atoms with E-state index in [1.54, 1.807) is 17.0 Å². The molecule has 0 spiro atoms. The fraction of sp³-hybridized carbons (Fsp3) is 0.240. The van der Waals surface area contributed by atoms with Crippen molar-refractivity contribution in [2.24, 2.45) is 5.92 Å². The molecule has 1 aliphatic heterocycles. The van der Waals surface area contributed by atoms with Gasteiger partial charge in [0, 0.05) is 31.7 Å². The third kappa shape index (κ3) is 3.60. The molecule has 0 aliphatic carbocycles. The highest BCUT2D eigenvalue weighted by atomic mass is 16.4. The molecular weight excluding hydrogens is 404 g/mol. The Bertz CT molecular complexity index is 1290. The summed E-state index contributed by atoms with van der Waals surface area (Å²) >= 11 is 0. The van der Waals surface area contributed by atoms with Crippen molar-refractivity contribution in [3.8, 4) is 17.7 Å². The van der Waals surface area contributed by atoms with Crippen LogP contribution < -0.4 is 9.80 Å². The van der Waals surface area contributed by atoms with Crippen molar-refractivity contribution in [2.45, 2.75) is 12.8 Å². The van der Waals surface area contributed by atoms with E-state index in [2.05, 4.69) is 23.2 Å². The summed E-state index contributed by atoms with van der Waals surface area (Å²) in [5.74, 6) is 1.23. The van der Waals surface area contributed by atoms with Gasteiger partial charge in [0.1, 0.15) is 6.07 Å². The summed E-state index contributed by atoms with van der Waals surface area (Å²) in [6.07, 6.45) is 2.89. The van der Waals surface area contributed by atoms with Crippen LogP contribution in [0.2, 0.25) is 0 Å². The first-order valence-electron chi connectivity index (χ1n) is 10.6. The highest BCUT2D eigenvalue weighted by Crippen LogP contribution is 2.32. The van der Waals surface area contributed by atoms with Gasteiger partial charge in [0.25, 0.3) is 5.89 Å². The number of carbonyl (C=O) groups is 1. The maximum absolute atomic E-state index is 13.2. The lowest BCUT2D eigenvalue weighted by Crippen LogP contribution is -2.41. The van der Waals surface area contributed by atoms with Crippen LogP contribution in [0.3, 0.4) is 0 Å². The van der Waals surface area contributed by atoms with Crippen LogP contribution in [0.25, 0.3) is 22.4 Å². The maximum atomic E-state index is 13.2. The molecule has 1 aliphatic rings. The van der Waals surface area contributed by atoms with E-state index in [9.17, 15) is 10.1 Å². The number of oxazole rings is 1. The zero-order chi connectivity index (χ0) is 22.1. The largest absolute Gasteiger partial charge is 0.459 e. The van der Waals surface area contributed by atoms with E-state index < -0.39 is 0 Å². The summed E-state index contributed by atoms with van der Waals surface area (Å²) in [6.45, 7) is 1.23. The summed E-state index contributed by atoms with van der Waals surface area (Å²) in [4.78, 5) is 21.2. The Kier molecular flexibility index (Phi) is 5.12. The Morgan fingerprint density at radius 3 is 2.62 bits per heavy atom. The molecule has 5 rings (SSSR count). The third-order valence-corrected chi connectivity index (χ3v) is 6.03. The van der Waals surface area contributed by atoms with Crippen molar-refractivity contribution in [1.29, 1.82) is 5.26 Å². The molecule has 3 heterocycles. The van der Waals surface area contributed by atoms with Crippen molar-refractivity contribution >= 4 is 28.3 Å². The number of fused-ring (bicyclic) bond motifs is 1. The second-order valence-electron chi connectivity index (χ2n) is 7.95. The zero-order valence-corrected chi connectivity index (χ0v) is 17.7. The van der Waals surface area contributed by atoms with E-state index >= 15 is 0 Å². The number of hydrogen-bond acceptors (Lipinski definition) is 6. The smallest absolute Gasteiger partial charge is 0.266 e. The summed E-state index contributed by atoms with van der Waals surface area (Å²) in [7, 11) is 1.83. The minimum absolute atomic E-state index is 0.0827. The molecule has 32 heavy (non-hydrogen) atoms. The molecule has 2 aromatic heterocycles. The second-order valence-corrected chi connectivity index (χ2v) is 7.95. The molecule has 7 nitrogen and oxygen atoms in total. The number of anilines is 2. The average molecular weight is 426 g/mol. The molecule has 4 aromatic rings. The predicted octanol–water partition coefficient (Wildman–Crippen LogP) is 4.84. The van der Waals surface area contributed by atoms with Gasteiger partial charge in [-0.15, -0.1) is 0 Å². The molecule has 0 saturated carbocycles. The van der Waals surface area contributed by atoms with Crippen LogP contribution in [-0.4, -0.2) is 31.0 Å². The number of nitrogens with zero attached hydrogens (tertiary/aromatic N) is 4. The normalized spacial score (nSPS) is 14.4. The highest BCUT2D eigenvalue weighted by molar-refractivity contribution is 5.97. The van der Waals surface area contributed by atoms with Gasteiger partial charge >= 0.3 is 0 Å². The Morgan fingerprint density at radius 1 is 1.12 bits per heavy atom. The maximum Gasteiger partial charge on any atom is 0.266 e. The summed E-state index contributed by atoms with van der Waals surface area (Å²) in [5.41, 5.74) is 1.12. The lowest BCUT2D eigenvalue weighted by Gasteiger charge is -2.33. The molecule has 0 N–H and O–H groups in total. The van der Waals surface area contributed by atoms with Crippen molar-refractivity contribution in [2.75, 3.05) is 29.9 Å². The van der Waals surface area contributed by atoms with E-state index in [4.69, 9.17) is 8.83 Å². The van der Waals surface area contributed by atoms with Crippen LogP contribution in [-0.2, 0) is 4.79 Å². The molecule has 1 fully saturated rings. The number of aromatic nitrogens is 1. The quantitative estimate of drug-likeness (QED) is 0.464. The molecular formula is C25H22N4O3. The monoisotopic (exact) mass is 426 g/mol. The molecule has 0 bridgehead atoms. The van der Waals surface area contributed by atoms with Gasteiger partial charge in [-0.25, -0.2) is 0 Å². The number of nitriles is 1. The number of rotatable bonds is 4. The van der Waals surface area contributed by atoms with Crippen LogP contribution in [0.15, 0.2) is 69.7 Å². The van der Waals surface area contributed by atoms with Gasteiger partial charge in [0.2, 0.25) is 17.5 Å². The van der Waals surface area contributed by atoms with Gasteiger partial charge in [0.15, 0.2) is 5.76 Å². The number of hydrogen-bond donors (Lipinski definition) is 0. The van der Waals surface area contributed by atoms with Crippen LogP contribution >= 0.6 is 0 Å². The Hall–Kier alpha value is -4.05. The van der Waals surface area contributed by atoms with Crippen molar-refractivity contribution in [3.63, 3.8) is 0 Å². The van der Waals surface area contributed by atoms with E-state index in [0.29, 0.717) is 37.6 Å². The highest BCUT2D eigenvalue weighted by Gasteiger charge is 2.31. The molecule has 7 heteroatoms. The van der Waals surface area contributed by atoms with Gasteiger partial charge in [-0.3, -0.25) is 4.79 Å². The van der Waals surface area contributed by atoms with E-state index in [0.717, 1.165) is 16.5 Å². The van der Waals surface area contributed by atoms with Gasteiger partial charge in [-0.05, 0) is 47.9 Å². The lowest BCUT2D eigenvalue weighted by atomic mass is 9.95. The van der Waals surface area contributed by atoms with Gasteiger partial charge in [-0.1, -0.05) is 30.3 Å². The minimum Gasteiger partial charge on any atom is -0.459 e. The zero-order valence-electron chi connectivity index (χ0n) is 17.7. The van der Waals surface area contributed by atoms with Gasteiger partial charge < -0.3 is 18.6 Å². The van der Waals surface area contributed by atoms with Crippen LogP contribution in [0.4, 0.5) is 11.6 Å². The topological polar surface area (TPSA) is 86.5 Å². The molecule has 0 unspecified atom stereocenters. The van der Waals surface area contributed by atoms with Gasteiger partial charge in [0.05, 0.1) is 6.26 Å². The van der Waals surface area contributed by atoms with Crippen LogP contribution in [0.5, 0.6) is 0 Å². The van der Waals surface area contributed by atoms with Gasteiger partial charge in [-0.2, -0.15) is 10.2 Å². The minimum atomic E-state index is -0.0827. The van der Waals surface area contributed by atoms with E-state index in [1.165, 1.54) is 6.26 Å². The van der Waals surface area contributed by atoms with Crippen LogP contribution in [0, 0.1) is 17.2 Å². The molecule has 160 valence electrons. The Balaban J connectivity index is 1.28. The fourth-order valence-electron chi connectivity index (χ4n) is 4.22. The third-order valence-electron chi connectivity index (χ3n) is 6.03. The summed E-state index contributed by atoms with van der Waals surface area (Å²) in [5, 5.41) is 11.7. The Morgan fingerprint density at radius 2 is 1.91 bits per heavy atom. The predicted molar refractivity (Wildman–Crippen MR) is 121 cm³/mol. The first kappa shape index (κ1) is 19.9. The standard InChI is InChI=1S/C25H22N4O3/c1-28(20-9-8-17-5-2-3-6-19(17)15-20)24(30)18-10-12-29(13-11-18)25-21(16-26)27-23(32-25)22-7-4-14-31-22/h2-9,14-15,18H,10-13H2,1H3. The van der Waals surface area contributed by atoms with E-state index in [1.807, 2.05) is 42.3 Å². The molecule has 0 radical (unpaired) electrons. The Labute approximate surface area is 185 Å². The average Bonchev–Trinajstić information content (AvgIpc) is 3.53. The van der Waals surface area contributed by atoms with Crippen molar-refractivity contribution < 1.29 is 13.6 Å². The van der Waals surface area contributed by atoms with E-state index in [-0.39, 0.29) is 23.4 Å². The van der Waals surface area contributed by atoms with Crippen LogP contribution in [0.1, 0.15) is 18.5 Å². The second kappa shape index (κ2) is 8.23.